The van der Waals surface area contributed by atoms with Crippen LogP contribution in [0.3, 0.4) is 0 Å². The second-order valence-electron chi connectivity index (χ2n) is 6.63. The molecule has 2 rings (SSSR count). The number of carbonyl (C=O) groups excluding carboxylic acids is 2. The molecule has 1 N–H and O–H groups in total. The number of nitrogens with zero attached hydrogens (tertiary/aromatic N) is 1. The van der Waals surface area contributed by atoms with E-state index < -0.39 is 17.0 Å². The van der Waals surface area contributed by atoms with Crippen LogP contribution in [0.2, 0.25) is 0 Å². The maximum Gasteiger partial charge on any atom is 0.339 e. The maximum atomic E-state index is 12.3. The van der Waals surface area contributed by atoms with Crippen LogP contribution in [0.25, 0.3) is 0 Å². The van der Waals surface area contributed by atoms with E-state index in [-0.39, 0.29) is 28.8 Å². The number of ether oxygens (including phenoxy) is 1. The predicted octanol–water partition coefficient (Wildman–Crippen LogP) is 3.14. The highest BCUT2D eigenvalue weighted by Crippen LogP contribution is 2.24. The summed E-state index contributed by atoms with van der Waals surface area (Å²) in [4.78, 5) is 35.0. The van der Waals surface area contributed by atoms with Gasteiger partial charge in [0, 0.05) is 17.7 Å². The first kappa shape index (κ1) is 18.9. The molecule has 1 fully saturated rings. The van der Waals surface area contributed by atoms with Gasteiger partial charge in [0.25, 0.3) is 11.6 Å². The number of nitro groups is 1. The second-order valence-corrected chi connectivity index (χ2v) is 6.63. The normalized spacial score (nSPS) is 21.2. The van der Waals surface area contributed by atoms with Gasteiger partial charge < -0.3 is 10.1 Å². The van der Waals surface area contributed by atoms with Crippen LogP contribution in [0.15, 0.2) is 18.2 Å². The third-order valence-corrected chi connectivity index (χ3v) is 4.81. The molecule has 1 aliphatic rings. The van der Waals surface area contributed by atoms with Crippen LogP contribution in [0.4, 0.5) is 5.69 Å². The third-order valence-electron chi connectivity index (χ3n) is 4.81. The number of hydrogen-bond donors (Lipinski definition) is 1. The van der Waals surface area contributed by atoms with E-state index in [1.165, 1.54) is 38.5 Å². The minimum atomic E-state index is -0.958. The Kier molecular flexibility index (Phi) is 6.12. The molecule has 0 heterocycles. The molecule has 1 amide bonds. The lowest BCUT2D eigenvalue weighted by molar-refractivity contribution is -0.385. The second kappa shape index (κ2) is 8.09. The van der Waals surface area contributed by atoms with Crippen molar-refractivity contribution in [2.45, 2.75) is 58.6 Å². The molecule has 0 radical (unpaired) electrons. The summed E-state index contributed by atoms with van der Waals surface area (Å²) in [5.74, 6) is -0.671. The first-order valence-corrected chi connectivity index (χ1v) is 8.56. The number of nitro benzene ring substituents is 1. The van der Waals surface area contributed by atoms with Crippen molar-refractivity contribution >= 4 is 17.6 Å². The van der Waals surface area contributed by atoms with E-state index in [1.807, 2.05) is 0 Å². The van der Waals surface area contributed by atoms with Crippen molar-refractivity contribution in [3.05, 3.63) is 39.4 Å². The first-order chi connectivity index (χ1) is 11.8. The fourth-order valence-corrected chi connectivity index (χ4v) is 3.15. The molecule has 1 aromatic rings. The highest BCUT2D eigenvalue weighted by molar-refractivity contribution is 5.94. The molecule has 0 aromatic heterocycles. The zero-order valence-corrected chi connectivity index (χ0v) is 14.8. The monoisotopic (exact) mass is 348 g/mol. The van der Waals surface area contributed by atoms with Crippen LogP contribution in [0.5, 0.6) is 0 Å². The summed E-state index contributed by atoms with van der Waals surface area (Å²) < 4.78 is 5.22. The van der Waals surface area contributed by atoms with E-state index in [4.69, 9.17) is 4.74 Å². The zero-order valence-electron chi connectivity index (χ0n) is 14.8. The lowest BCUT2D eigenvalue weighted by atomic mass is 9.86. The minimum absolute atomic E-state index is 0.0971. The largest absolute Gasteiger partial charge is 0.449 e. The van der Waals surface area contributed by atoms with Gasteiger partial charge in [-0.05, 0) is 38.7 Å². The predicted molar refractivity (Wildman–Crippen MR) is 92.3 cm³/mol. The van der Waals surface area contributed by atoms with E-state index in [9.17, 15) is 19.7 Å². The zero-order chi connectivity index (χ0) is 18.6. The van der Waals surface area contributed by atoms with Crippen LogP contribution in [-0.2, 0) is 9.53 Å². The van der Waals surface area contributed by atoms with Gasteiger partial charge in [0.2, 0.25) is 0 Å². The van der Waals surface area contributed by atoms with Crippen LogP contribution < -0.4 is 5.32 Å². The summed E-state index contributed by atoms with van der Waals surface area (Å²) in [6.07, 6.45) is 3.30. The number of benzene rings is 1. The molecule has 1 saturated carbocycles. The molecule has 7 heteroatoms. The van der Waals surface area contributed by atoms with Gasteiger partial charge in [0.05, 0.1) is 10.5 Å². The van der Waals surface area contributed by atoms with Crippen molar-refractivity contribution < 1.29 is 19.2 Å². The average molecular weight is 348 g/mol. The number of rotatable bonds is 5. The van der Waals surface area contributed by atoms with Gasteiger partial charge in [-0.3, -0.25) is 14.9 Å². The Morgan fingerprint density at radius 1 is 1.32 bits per heavy atom. The number of esters is 1. The van der Waals surface area contributed by atoms with Crippen LogP contribution in [0, 0.1) is 23.0 Å². The smallest absolute Gasteiger partial charge is 0.339 e. The lowest BCUT2D eigenvalue weighted by Gasteiger charge is -2.30. The summed E-state index contributed by atoms with van der Waals surface area (Å²) >= 11 is 0. The summed E-state index contributed by atoms with van der Waals surface area (Å²) in [5, 5.41) is 13.9. The molecule has 0 spiro atoms. The van der Waals surface area contributed by atoms with Gasteiger partial charge in [-0.15, -0.1) is 0 Å². The van der Waals surface area contributed by atoms with Crippen molar-refractivity contribution in [3.63, 3.8) is 0 Å². The third kappa shape index (κ3) is 4.55. The van der Waals surface area contributed by atoms with Crippen LogP contribution in [0.1, 0.15) is 55.5 Å². The molecule has 1 aliphatic carbocycles. The first-order valence-electron chi connectivity index (χ1n) is 8.56. The Balaban J connectivity index is 2.01. The number of hydrogen-bond acceptors (Lipinski definition) is 5. The fraction of sp³-hybridized carbons (Fsp3) is 0.556. The summed E-state index contributed by atoms with van der Waals surface area (Å²) in [6.45, 7) is 5.10. The van der Waals surface area contributed by atoms with Gasteiger partial charge in [0.1, 0.15) is 0 Å². The quantitative estimate of drug-likeness (QED) is 0.501. The minimum Gasteiger partial charge on any atom is -0.449 e. The Hall–Kier alpha value is -2.44. The molecule has 3 atom stereocenters. The molecule has 0 aliphatic heterocycles. The van der Waals surface area contributed by atoms with Gasteiger partial charge in [0.15, 0.2) is 6.10 Å². The van der Waals surface area contributed by atoms with E-state index in [0.717, 1.165) is 19.3 Å². The lowest BCUT2D eigenvalue weighted by Crippen LogP contribution is -2.46. The molecule has 0 saturated heterocycles. The van der Waals surface area contributed by atoms with E-state index >= 15 is 0 Å². The van der Waals surface area contributed by atoms with E-state index in [2.05, 4.69) is 12.2 Å². The van der Waals surface area contributed by atoms with Gasteiger partial charge in [-0.1, -0.05) is 25.8 Å². The highest BCUT2D eigenvalue weighted by atomic mass is 16.6. The Morgan fingerprint density at radius 3 is 2.64 bits per heavy atom. The molecule has 0 unspecified atom stereocenters. The molecular weight excluding hydrogens is 324 g/mol. The molecule has 7 nitrogen and oxygen atoms in total. The van der Waals surface area contributed by atoms with Crippen molar-refractivity contribution in [2.24, 2.45) is 5.92 Å². The van der Waals surface area contributed by atoms with E-state index in [0.29, 0.717) is 5.92 Å². The van der Waals surface area contributed by atoms with Crippen molar-refractivity contribution in [2.75, 3.05) is 0 Å². The summed E-state index contributed by atoms with van der Waals surface area (Å²) in [7, 11) is 0. The van der Waals surface area contributed by atoms with Crippen molar-refractivity contribution in [3.8, 4) is 0 Å². The molecular formula is C18H24N2O5. The molecule has 136 valence electrons. The number of amides is 1. The summed E-state index contributed by atoms with van der Waals surface area (Å²) in [6, 6.07) is 4.31. The average Bonchev–Trinajstić information content (AvgIpc) is 2.56. The van der Waals surface area contributed by atoms with E-state index in [1.54, 1.807) is 0 Å². The standard InChI is InChI=1S/C18H24N2O5/c1-11-7-4-5-9-15(11)19-17(21)13(3)25-18(22)14-8-6-10-16(12(14)2)20(23)24/h6,8,10-11,13,15H,4-5,7,9H2,1-3H3,(H,19,21)/t11-,13+,15-/m0/s1. The maximum absolute atomic E-state index is 12.3. The molecule has 25 heavy (non-hydrogen) atoms. The Bertz CT molecular complexity index is 673. The number of nitrogens with one attached hydrogen (secondary N) is 1. The Labute approximate surface area is 146 Å². The van der Waals surface area contributed by atoms with Gasteiger partial charge in [-0.2, -0.15) is 0 Å². The van der Waals surface area contributed by atoms with Gasteiger partial charge >= 0.3 is 5.97 Å². The Morgan fingerprint density at radius 2 is 2.00 bits per heavy atom. The van der Waals surface area contributed by atoms with Crippen LogP contribution in [-0.4, -0.2) is 28.9 Å². The van der Waals surface area contributed by atoms with Crippen molar-refractivity contribution in [1.29, 1.82) is 0 Å². The topological polar surface area (TPSA) is 98.5 Å². The summed E-state index contributed by atoms with van der Waals surface area (Å²) in [5.41, 5.74) is 0.175. The van der Waals surface area contributed by atoms with Crippen molar-refractivity contribution in [1.82, 2.24) is 5.32 Å². The molecule has 1 aromatic carbocycles. The highest BCUT2D eigenvalue weighted by Gasteiger charge is 2.27. The fourth-order valence-electron chi connectivity index (χ4n) is 3.15. The molecule has 0 bridgehead atoms. The SMILES string of the molecule is Cc1c(C(=O)O[C@H](C)C(=O)N[C@H]2CCCC[C@@H]2C)cccc1[N+](=O)[O-]. The van der Waals surface area contributed by atoms with Gasteiger partial charge in [-0.25, -0.2) is 4.79 Å². The van der Waals surface area contributed by atoms with Crippen LogP contribution >= 0.6 is 0 Å². The number of carbonyl (C=O) groups is 2.